The largest absolute Gasteiger partial charge is 0.296 e. The van der Waals surface area contributed by atoms with Crippen molar-refractivity contribution in [1.82, 2.24) is 5.01 Å². The molecular weight excluding hydrogens is 176 g/mol. The Morgan fingerprint density at radius 1 is 1.50 bits per heavy atom. The summed E-state index contributed by atoms with van der Waals surface area (Å²) in [6.07, 6.45) is 3.55. The van der Waals surface area contributed by atoms with Crippen molar-refractivity contribution in [2.24, 2.45) is 5.10 Å². The summed E-state index contributed by atoms with van der Waals surface area (Å²) >= 11 is 0. The minimum Gasteiger partial charge on any atom is -0.296 e. The van der Waals surface area contributed by atoms with Gasteiger partial charge in [-0.1, -0.05) is 20.4 Å². The molecule has 0 rings (SSSR count). The average molecular weight is 196 g/mol. The number of Topliss-reactive ketones (excluding diaryl/α,β-unsaturated/α-hetero) is 1. The molecule has 0 saturated heterocycles. The van der Waals surface area contributed by atoms with Crippen molar-refractivity contribution in [2.75, 3.05) is 7.05 Å². The highest BCUT2D eigenvalue weighted by Gasteiger charge is 2.09. The number of carbonyl (C=O) groups excluding carboxylic acids is 1. The summed E-state index contributed by atoms with van der Waals surface area (Å²) in [4.78, 5) is 11.1. The lowest BCUT2D eigenvalue weighted by Gasteiger charge is -2.23. The van der Waals surface area contributed by atoms with Gasteiger partial charge < -0.3 is 0 Å². The number of hydrogen-bond acceptors (Lipinski definition) is 3. The molecule has 0 atom stereocenters. The van der Waals surface area contributed by atoms with Gasteiger partial charge in [-0.2, -0.15) is 5.10 Å². The molecule has 0 aromatic carbocycles. The second kappa shape index (κ2) is 6.35. The fourth-order valence-corrected chi connectivity index (χ4v) is 1.32. The van der Waals surface area contributed by atoms with Crippen molar-refractivity contribution < 1.29 is 4.79 Å². The summed E-state index contributed by atoms with van der Waals surface area (Å²) in [6.45, 7) is 9.29. The van der Waals surface area contributed by atoms with E-state index in [4.69, 9.17) is 0 Å². The highest BCUT2D eigenvalue weighted by Crippen LogP contribution is 2.06. The summed E-state index contributed by atoms with van der Waals surface area (Å²) in [5.74, 6) is -0.0437. The van der Waals surface area contributed by atoms with E-state index in [0.717, 1.165) is 12.8 Å². The monoisotopic (exact) mass is 196 g/mol. The minimum atomic E-state index is -0.0437. The van der Waals surface area contributed by atoms with Crippen molar-refractivity contribution in [2.45, 2.75) is 39.7 Å². The van der Waals surface area contributed by atoms with Crippen LogP contribution in [0.15, 0.2) is 17.8 Å². The van der Waals surface area contributed by atoms with Gasteiger partial charge in [0.15, 0.2) is 5.78 Å². The highest BCUT2D eigenvalue weighted by molar-refractivity contribution is 6.43. The van der Waals surface area contributed by atoms with Crippen LogP contribution < -0.4 is 0 Å². The number of hydrogen-bond donors (Lipinski definition) is 0. The van der Waals surface area contributed by atoms with Gasteiger partial charge >= 0.3 is 0 Å². The standard InChI is InChI=1S/C11H20N2O/c1-6-10(7-2)13(5)12-11(8-3)9(4)14/h8,10H,3,6-7H2,1-2,4-5H3/b12-11+. The first kappa shape index (κ1) is 12.9. The molecule has 0 aliphatic rings. The third-order valence-electron chi connectivity index (χ3n) is 2.29. The first-order valence-corrected chi connectivity index (χ1v) is 5.01. The van der Waals surface area contributed by atoms with E-state index in [-0.39, 0.29) is 5.78 Å². The highest BCUT2D eigenvalue weighted by atomic mass is 16.1. The van der Waals surface area contributed by atoms with E-state index in [2.05, 4.69) is 25.5 Å². The van der Waals surface area contributed by atoms with Crippen molar-refractivity contribution in [3.8, 4) is 0 Å². The maximum atomic E-state index is 11.1. The first-order valence-electron chi connectivity index (χ1n) is 5.01. The Morgan fingerprint density at radius 2 is 2.00 bits per heavy atom. The first-order chi connectivity index (χ1) is 6.56. The predicted octanol–water partition coefficient (Wildman–Crippen LogP) is 2.24. The van der Waals surface area contributed by atoms with Crippen molar-refractivity contribution in [3.05, 3.63) is 12.7 Å². The Balaban J connectivity index is 4.59. The number of hydrazone groups is 1. The molecule has 0 saturated carbocycles. The molecule has 0 spiro atoms. The van der Waals surface area contributed by atoms with Crippen LogP contribution in [0, 0.1) is 0 Å². The van der Waals surface area contributed by atoms with Crippen LogP contribution in [-0.2, 0) is 4.79 Å². The molecule has 0 aliphatic carbocycles. The molecule has 0 aliphatic heterocycles. The molecule has 0 fully saturated rings. The number of nitrogens with zero attached hydrogens (tertiary/aromatic N) is 2. The number of carbonyl (C=O) groups is 1. The zero-order valence-corrected chi connectivity index (χ0v) is 9.58. The van der Waals surface area contributed by atoms with E-state index in [9.17, 15) is 4.79 Å². The maximum absolute atomic E-state index is 11.1. The lowest BCUT2D eigenvalue weighted by Crippen LogP contribution is -2.27. The van der Waals surface area contributed by atoms with Gasteiger partial charge in [0, 0.05) is 20.0 Å². The fourth-order valence-electron chi connectivity index (χ4n) is 1.32. The van der Waals surface area contributed by atoms with Crippen LogP contribution >= 0.6 is 0 Å². The van der Waals surface area contributed by atoms with E-state index in [0.29, 0.717) is 11.8 Å². The van der Waals surface area contributed by atoms with E-state index < -0.39 is 0 Å². The molecule has 0 radical (unpaired) electrons. The molecular formula is C11H20N2O. The van der Waals surface area contributed by atoms with Gasteiger partial charge in [0.05, 0.1) is 0 Å². The SMILES string of the molecule is C=C/C(=N\N(C)C(CC)CC)C(C)=O. The smallest absolute Gasteiger partial charge is 0.179 e. The Kier molecular flexibility index (Phi) is 5.84. The van der Waals surface area contributed by atoms with Gasteiger partial charge in [-0.3, -0.25) is 9.80 Å². The predicted molar refractivity (Wildman–Crippen MR) is 60.4 cm³/mol. The van der Waals surface area contributed by atoms with Crippen LogP contribution in [0.2, 0.25) is 0 Å². The van der Waals surface area contributed by atoms with Crippen LogP contribution in [0.25, 0.3) is 0 Å². The van der Waals surface area contributed by atoms with Gasteiger partial charge in [0.1, 0.15) is 5.71 Å². The fraction of sp³-hybridized carbons (Fsp3) is 0.636. The third-order valence-corrected chi connectivity index (χ3v) is 2.29. The quantitative estimate of drug-likeness (QED) is 0.482. The van der Waals surface area contributed by atoms with E-state index in [1.165, 1.54) is 13.0 Å². The van der Waals surface area contributed by atoms with Crippen molar-refractivity contribution in [3.63, 3.8) is 0 Å². The Labute approximate surface area is 86.5 Å². The maximum Gasteiger partial charge on any atom is 0.179 e. The Morgan fingerprint density at radius 3 is 2.29 bits per heavy atom. The molecule has 0 N–H and O–H groups in total. The molecule has 14 heavy (non-hydrogen) atoms. The minimum absolute atomic E-state index is 0.0437. The van der Waals surface area contributed by atoms with E-state index in [1.54, 1.807) is 0 Å². The number of ketones is 1. The summed E-state index contributed by atoms with van der Waals surface area (Å²) < 4.78 is 0. The summed E-state index contributed by atoms with van der Waals surface area (Å²) in [6, 6.07) is 0.393. The van der Waals surface area contributed by atoms with Crippen molar-refractivity contribution in [1.29, 1.82) is 0 Å². The molecule has 0 aromatic rings. The van der Waals surface area contributed by atoms with Gasteiger partial charge in [-0.25, -0.2) is 0 Å². The van der Waals surface area contributed by atoms with Crippen LogP contribution in [0.3, 0.4) is 0 Å². The second-order valence-corrected chi connectivity index (χ2v) is 3.29. The van der Waals surface area contributed by atoms with Crippen molar-refractivity contribution >= 4 is 11.5 Å². The normalized spacial score (nSPS) is 11.6. The number of rotatable bonds is 6. The zero-order valence-electron chi connectivity index (χ0n) is 9.58. The lowest BCUT2D eigenvalue weighted by atomic mass is 10.2. The number of allylic oxidation sites excluding steroid dienone is 1. The second-order valence-electron chi connectivity index (χ2n) is 3.29. The molecule has 80 valence electrons. The van der Waals surface area contributed by atoms with Crippen LogP contribution in [-0.4, -0.2) is 29.6 Å². The third kappa shape index (κ3) is 3.73. The molecule has 0 bridgehead atoms. The van der Waals surface area contributed by atoms with Crippen LogP contribution in [0.4, 0.5) is 0 Å². The molecule has 3 nitrogen and oxygen atoms in total. The molecule has 0 amide bonds. The van der Waals surface area contributed by atoms with Gasteiger partial charge in [-0.15, -0.1) is 0 Å². The lowest BCUT2D eigenvalue weighted by molar-refractivity contribution is -0.111. The van der Waals surface area contributed by atoms with Crippen LogP contribution in [0.5, 0.6) is 0 Å². The average Bonchev–Trinajstić information content (AvgIpc) is 2.15. The zero-order chi connectivity index (χ0) is 11.1. The Hall–Kier alpha value is -1.12. The van der Waals surface area contributed by atoms with E-state index >= 15 is 0 Å². The Bertz CT molecular complexity index is 229. The molecule has 3 heteroatoms. The molecule has 0 unspecified atom stereocenters. The topological polar surface area (TPSA) is 32.7 Å². The molecule has 0 heterocycles. The van der Waals surface area contributed by atoms with Gasteiger partial charge in [-0.05, 0) is 18.9 Å². The summed E-state index contributed by atoms with van der Waals surface area (Å²) in [7, 11) is 1.89. The molecule has 0 aromatic heterocycles. The van der Waals surface area contributed by atoms with Crippen LogP contribution in [0.1, 0.15) is 33.6 Å². The van der Waals surface area contributed by atoms with Gasteiger partial charge in [0.25, 0.3) is 0 Å². The van der Waals surface area contributed by atoms with E-state index in [1.807, 2.05) is 12.1 Å². The summed E-state index contributed by atoms with van der Waals surface area (Å²) in [5, 5.41) is 6.06. The summed E-state index contributed by atoms with van der Waals surface area (Å²) in [5.41, 5.74) is 0.430. The van der Waals surface area contributed by atoms with Gasteiger partial charge in [0.2, 0.25) is 0 Å².